The zero-order valence-corrected chi connectivity index (χ0v) is 16.0. The Morgan fingerprint density at radius 1 is 1.12 bits per heavy atom. The van der Waals surface area contributed by atoms with E-state index < -0.39 is 22.0 Å². The Morgan fingerprint density at radius 2 is 1.76 bits per heavy atom. The molecule has 0 aromatic heterocycles. The molecule has 0 aliphatic heterocycles. The van der Waals surface area contributed by atoms with Crippen molar-refractivity contribution in [1.29, 1.82) is 0 Å². The van der Waals surface area contributed by atoms with Crippen molar-refractivity contribution >= 4 is 39.2 Å². The highest BCUT2D eigenvalue weighted by Crippen LogP contribution is 2.24. The first kappa shape index (κ1) is 19.7. The summed E-state index contributed by atoms with van der Waals surface area (Å²) in [5.41, 5.74) is 1.91. The van der Waals surface area contributed by atoms with Crippen molar-refractivity contribution in [3.63, 3.8) is 0 Å². The molecule has 2 aromatic carbocycles. The lowest BCUT2D eigenvalue weighted by Gasteiger charge is -2.14. The van der Waals surface area contributed by atoms with E-state index in [9.17, 15) is 13.2 Å². The molecule has 2 rings (SSSR count). The number of nitrogens with one attached hydrogen (secondary N) is 1. The molecule has 5 nitrogen and oxygen atoms in total. The number of hydrogen-bond acceptors (Lipinski definition) is 4. The van der Waals surface area contributed by atoms with Crippen LogP contribution in [-0.4, -0.2) is 20.4 Å². The SMILES string of the molecule is Cc1ccc(COC(=O)[C@H](C)NS(=O)(=O)c2ccc(Cl)c(Cl)c2)cc1. The van der Waals surface area contributed by atoms with Gasteiger partial charge in [-0.1, -0.05) is 53.0 Å². The summed E-state index contributed by atoms with van der Waals surface area (Å²) in [7, 11) is -3.93. The second-order valence-electron chi connectivity index (χ2n) is 5.51. The van der Waals surface area contributed by atoms with Crippen LogP contribution in [0.4, 0.5) is 0 Å². The first-order valence-corrected chi connectivity index (χ1v) is 9.62. The molecule has 0 unspecified atom stereocenters. The van der Waals surface area contributed by atoms with Crippen LogP contribution in [0.3, 0.4) is 0 Å². The van der Waals surface area contributed by atoms with Gasteiger partial charge in [0, 0.05) is 0 Å². The smallest absolute Gasteiger partial charge is 0.324 e. The van der Waals surface area contributed by atoms with Gasteiger partial charge in [-0.15, -0.1) is 0 Å². The highest BCUT2D eigenvalue weighted by molar-refractivity contribution is 7.89. The Morgan fingerprint density at radius 3 is 2.36 bits per heavy atom. The molecule has 0 heterocycles. The zero-order chi connectivity index (χ0) is 18.6. The van der Waals surface area contributed by atoms with Crippen molar-refractivity contribution in [2.45, 2.75) is 31.4 Å². The number of ether oxygens (including phenoxy) is 1. The minimum absolute atomic E-state index is 0.0674. The van der Waals surface area contributed by atoms with Crippen LogP contribution in [0.5, 0.6) is 0 Å². The Hall–Kier alpha value is -1.60. The average Bonchev–Trinajstić information content (AvgIpc) is 2.56. The quantitative estimate of drug-likeness (QED) is 0.748. The number of halogens is 2. The fraction of sp³-hybridized carbons (Fsp3) is 0.235. The lowest BCUT2D eigenvalue weighted by molar-refractivity contribution is -0.146. The summed E-state index contributed by atoms with van der Waals surface area (Å²) in [6.07, 6.45) is 0. The van der Waals surface area contributed by atoms with Gasteiger partial charge >= 0.3 is 5.97 Å². The minimum atomic E-state index is -3.93. The van der Waals surface area contributed by atoms with Gasteiger partial charge in [0.2, 0.25) is 10.0 Å². The molecular weight excluding hydrogens is 385 g/mol. The Labute approximate surface area is 157 Å². The number of hydrogen-bond donors (Lipinski definition) is 1. The molecule has 0 saturated heterocycles. The Balaban J connectivity index is 1.99. The van der Waals surface area contributed by atoms with E-state index in [1.807, 2.05) is 31.2 Å². The van der Waals surface area contributed by atoms with Crippen LogP contribution in [0.25, 0.3) is 0 Å². The summed E-state index contributed by atoms with van der Waals surface area (Å²) in [4.78, 5) is 11.9. The molecule has 1 atom stereocenters. The lowest BCUT2D eigenvalue weighted by atomic mass is 10.2. The number of rotatable bonds is 6. The number of benzene rings is 2. The number of carbonyl (C=O) groups excluding carboxylic acids is 1. The lowest BCUT2D eigenvalue weighted by Crippen LogP contribution is -2.39. The summed E-state index contributed by atoms with van der Waals surface area (Å²) in [6.45, 7) is 3.43. The van der Waals surface area contributed by atoms with E-state index in [0.29, 0.717) is 0 Å². The minimum Gasteiger partial charge on any atom is -0.460 e. The third kappa shape index (κ3) is 5.44. The van der Waals surface area contributed by atoms with Gasteiger partial charge in [0.05, 0.1) is 14.9 Å². The number of carbonyl (C=O) groups is 1. The molecule has 0 aliphatic carbocycles. The molecule has 1 N–H and O–H groups in total. The van der Waals surface area contributed by atoms with E-state index in [1.165, 1.54) is 25.1 Å². The van der Waals surface area contributed by atoms with Crippen LogP contribution in [0.15, 0.2) is 47.4 Å². The average molecular weight is 402 g/mol. The molecule has 134 valence electrons. The fourth-order valence-electron chi connectivity index (χ4n) is 1.96. The highest BCUT2D eigenvalue weighted by atomic mass is 35.5. The van der Waals surface area contributed by atoms with Crippen LogP contribution in [-0.2, 0) is 26.2 Å². The molecule has 0 bridgehead atoms. The molecule has 8 heteroatoms. The normalized spacial score (nSPS) is 12.6. The van der Waals surface area contributed by atoms with Crippen molar-refractivity contribution in [3.8, 4) is 0 Å². The monoisotopic (exact) mass is 401 g/mol. The van der Waals surface area contributed by atoms with Gasteiger partial charge in [0.25, 0.3) is 0 Å². The van der Waals surface area contributed by atoms with E-state index in [2.05, 4.69) is 4.72 Å². The fourth-order valence-corrected chi connectivity index (χ4v) is 3.54. The van der Waals surface area contributed by atoms with Crippen molar-refractivity contribution in [1.82, 2.24) is 4.72 Å². The second-order valence-corrected chi connectivity index (χ2v) is 8.04. The number of sulfonamides is 1. The number of aryl methyl sites for hydroxylation is 1. The first-order chi connectivity index (χ1) is 11.7. The van der Waals surface area contributed by atoms with Crippen molar-refractivity contribution in [2.24, 2.45) is 0 Å². The topological polar surface area (TPSA) is 72.5 Å². The first-order valence-electron chi connectivity index (χ1n) is 7.38. The maximum absolute atomic E-state index is 12.3. The van der Waals surface area contributed by atoms with E-state index in [1.54, 1.807) is 0 Å². The third-order valence-electron chi connectivity index (χ3n) is 3.39. The van der Waals surface area contributed by atoms with Crippen molar-refractivity contribution in [2.75, 3.05) is 0 Å². The maximum Gasteiger partial charge on any atom is 0.324 e. The van der Waals surface area contributed by atoms with Gasteiger partial charge in [0.15, 0.2) is 0 Å². The summed E-state index contributed by atoms with van der Waals surface area (Å²) >= 11 is 11.6. The van der Waals surface area contributed by atoms with Gasteiger partial charge in [0.1, 0.15) is 12.6 Å². The van der Waals surface area contributed by atoms with Crippen LogP contribution in [0.1, 0.15) is 18.1 Å². The van der Waals surface area contributed by atoms with Crippen molar-refractivity contribution in [3.05, 3.63) is 63.6 Å². The summed E-state index contributed by atoms with van der Waals surface area (Å²) < 4.78 is 32.0. The standard InChI is InChI=1S/C17H17Cl2NO4S/c1-11-3-5-13(6-4-11)10-24-17(21)12(2)20-25(22,23)14-7-8-15(18)16(19)9-14/h3-9,12,20H,10H2,1-2H3/t12-/m0/s1. The molecule has 0 spiro atoms. The number of esters is 1. The Kier molecular flexibility index (Phi) is 6.46. The van der Waals surface area contributed by atoms with Crippen LogP contribution in [0, 0.1) is 6.92 Å². The zero-order valence-electron chi connectivity index (χ0n) is 13.6. The highest BCUT2D eigenvalue weighted by Gasteiger charge is 2.23. The molecule has 25 heavy (non-hydrogen) atoms. The summed E-state index contributed by atoms with van der Waals surface area (Å²) in [5.74, 6) is -0.677. The largest absolute Gasteiger partial charge is 0.460 e. The predicted octanol–water partition coefficient (Wildman–Crippen LogP) is 3.71. The van der Waals surface area contributed by atoms with Crippen LogP contribution >= 0.6 is 23.2 Å². The van der Waals surface area contributed by atoms with Gasteiger partial charge in [-0.2, -0.15) is 4.72 Å². The molecular formula is C17H17Cl2NO4S. The van der Waals surface area contributed by atoms with E-state index in [-0.39, 0.29) is 21.5 Å². The van der Waals surface area contributed by atoms with Gasteiger partial charge in [-0.05, 0) is 37.6 Å². The molecule has 0 fully saturated rings. The van der Waals surface area contributed by atoms with Gasteiger partial charge in [-0.3, -0.25) is 4.79 Å². The molecule has 0 aliphatic rings. The third-order valence-corrected chi connectivity index (χ3v) is 5.67. The summed E-state index contributed by atoms with van der Waals surface area (Å²) in [6, 6.07) is 10.3. The molecule has 2 aromatic rings. The van der Waals surface area contributed by atoms with E-state index >= 15 is 0 Å². The maximum atomic E-state index is 12.3. The molecule has 0 amide bonds. The van der Waals surface area contributed by atoms with Crippen LogP contribution in [0.2, 0.25) is 10.0 Å². The van der Waals surface area contributed by atoms with E-state index in [4.69, 9.17) is 27.9 Å². The van der Waals surface area contributed by atoms with Gasteiger partial charge < -0.3 is 4.74 Å². The summed E-state index contributed by atoms with van der Waals surface area (Å²) in [5, 5.41) is 0.352. The van der Waals surface area contributed by atoms with Crippen molar-refractivity contribution < 1.29 is 17.9 Å². The van der Waals surface area contributed by atoms with E-state index in [0.717, 1.165) is 11.1 Å². The second kappa shape index (κ2) is 8.19. The Bertz CT molecular complexity index is 867. The van der Waals surface area contributed by atoms with Crippen LogP contribution < -0.4 is 4.72 Å². The molecule has 0 saturated carbocycles. The van der Waals surface area contributed by atoms with Gasteiger partial charge in [-0.25, -0.2) is 8.42 Å². The molecule has 0 radical (unpaired) electrons. The predicted molar refractivity (Wildman–Crippen MR) is 97.2 cm³/mol.